The van der Waals surface area contributed by atoms with E-state index in [1.165, 1.54) is 0 Å². The van der Waals surface area contributed by atoms with Gasteiger partial charge in [-0.2, -0.15) is 9.20 Å². The second-order valence-corrected chi connectivity index (χ2v) is 5.45. The van der Waals surface area contributed by atoms with Crippen LogP contribution in [0.25, 0.3) is 11.3 Å². The van der Waals surface area contributed by atoms with E-state index in [0.29, 0.717) is 24.9 Å². The number of benzene rings is 1. The van der Waals surface area contributed by atoms with E-state index >= 15 is 0 Å². The minimum Gasteiger partial charge on any atom is -0.367 e. The molecule has 3 aromatic heterocycles. The van der Waals surface area contributed by atoms with Crippen molar-refractivity contribution in [3.8, 4) is 5.69 Å². The maximum atomic E-state index is 12.9. The van der Waals surface area contributed by atoms with Gasteiger partial charge in [0.15, 0.2) is 5.65 Å². The molecule has 0 amide bonds. The van der Waals surface area contributed by atoms with E-state index in [4.69, 9.17) is 0 Å². The van der Waals surface area contributed by atoms with E-state index in [2.05, 4.69) is 41.5 Å². The minimum absolute atomic E-state index is 0.260. The fraction of sp³-hybridized carbons (Fsp3) is 0.200. The minimum atomic E-state index is -2.75. The lowest BCUT2D eigenvalue weighted by Gasteiger charge is -2.08. The summed E-state index contributed by atoms with van der Waals surface area (Å²) in [5.74, 6) is 0.424. The summed E-state index contributed by atoms with van der Waals surface area (Å²) in [4.78, 5) is 0. The van der Waals surface area contributed by atoms with Gasteiger partial charge in [-0.3, -0.25) is 0 Å². The molecule has 0 spiro atoms. The summed E-state index contributed by atoms with van der Waals surface area (Å²) in [6.45, 7) is 0.948. The molecule has 3 heterocycles. The Hall–Kier alpha value is -3.70. The van der Waals surface area contributed by atoms with Crippen molar-refractivity contribution in [3.05, 3.63) is 48.3 Å². The highest BCUT2D eigenvalue weighted by atomic mass is 19.3. The van der Waals surface area contributed by atoms with Crippen LogP contribution in [0.2, 0.25) is 0 Å². The van der Waals surface area contributed by atoms with E-state index in [9.17, 15) is 8.78 Å². The standard InChI is InChI=1S/C15H14F2N10/c16-13(17)14-21-20-12-7-6-11(23-27(12)14)18-8-9-19-15-22-24-25-26(15)10-4-2-1-3-5-10/h1-7,13H,8-9H2,(H,18,23)(H,19,22,25). The van der Waals surface area contributed by atoms with Crippen molar-refractivity contribution in [1.82, 2.24) is 40.0 Å². The number of aromatic nitrogens is 8. The number of halogens is 2. The number of rotatable bonds is 7. The second kappa shape index (κ2) is 7.27. The van der Waals surface area contributed by atoms with Crippen LogP contribution in [0, 0.1) is 0 Å². The van der Waals surface area contributed by atoms with Gasteiger partial charge in [-0.25, -0.2) is 8.78 Å². The van der Waals surface area contributed by atoms with Crippen LogP contribution in [0.4, 0.5) is 20.5 Å². The average Bonchev–Trinajstić information content (AvgIpc) is 3.32. The van der Waals surface area contributed by atoms with Gasteiger partial charge in [0, 0.05) is 13.1 Å². The van der Waals surface area contributed by atoms with Crippen LogP contribution in [0.1, 0.15) is 12.2 Å². The number of hydrogen-bond acceptors (Lipinski definition) is 8. The maximum absolute atomic E-state index is 12.9. The van der Waals surface area contributed by atoms with Crippen LogP contribution in [-0.2, 0) is 0 Å². The molecule has 0 atom stereocenters. The summed E-state index contributed by atoms with van der Waals surface area (Å²) < 4.78 is 28.4. The van der Waals surface area contributed by atoms with Crippen molar-refractivity contribution in [2.45, 2.75) is 6.43 Å². The van der Waals surface area contributed by atoms with Gasteiger partial charge in [0.2, 0.25) is 11.8 Å². The van der Waals surface area contributed by atoms with Gasteiger partial charge in [-0.1, -0.05) is 23.3 Å². The molecule has 0 aliphatic rings. The number of tetrazole rings is 1. The zero-order valence-corrected chi connectivity index (χ0v) is 13.9. The molecule has 0 unspecified atom stereocenters. The summed E-state index contributed by atoms with van der Waals surface area (Å²) in [5, 5.41) is 28.9. The van der Waals surface area contributed by atoms with Crippen LogP contribution in [0.3, 0.4) is 0 Å². The molecule has 10 nitrogen and oxygen atoms in total. The van der Waals surface area contributed by atoms with Gasteiger partial charge in [0.05, 0.1) is 5.69 Å². The van der Waals surface area contributed by atoms with Gasteiger partial charge in [-0.15, -0.1) is 15.3 Å². The molecule has 0 bridgehead atoms. The third kappa shape index (κ3) is 3.49. The van der Waals surface area contributed by atoms with Gasteiger partial charge >= 0.3 is 0 Å². The van der Waals surface area contributed by atoms with Crippen molar-refractivity contribution in [2.75, 3.05) is 23.7 Å². The number of nitrogens with zero attached hydrogens (tertiary/aromatic N) is 8. The van der Waals surface area contributed by atoms with E-state index in [1.54, 1.807) is 16.8 Å². The average molecular weight is 372 g/mol. The highest BCUT2D eigenvalue weighted by molar-refractivity contribution is 5.44. The SMILES string of the molecule is FC(F)c1nnc2ccc(NCCNc3nnnn3-c3ccccc3)nn12. The van der Waals surface area contributed by atoms with Crippen molar-refractivity contribution in [2.24, 2.45) is 0 Å². The molecule has 0 radical (unpaired) electrons. The van der Waals surface area contributed by atoms with Crippen molar-refractivity contribution in [1.29, 1.82) is 0 Å². The first-order valence-corrected chi connectivity index (χ1v) is 8.04. The summed E-state index contributed by atoms with van der Waals surface area (Å²) in [6.07, 6.45) is -2.75. The molecular weight excluding hydrogens is 358 g/mol. The number of para-hydroxylation sites is 1. The first kappa shape index (κ1) is 16.8. The topological polar surface area (TPSA) is 111 Å². The first-order valence-electron chi connectivity index (χ1n) is 8.04. The highest BCUT2D eigenvalue weighted by Gasteiger charge is 2.16. The number of alkyl halides is 2. The normalized spacial score (nSPS) is 11.2. The van der Waals surface area contributed by atoms with E-state index in [-0.39, 0.29) is 5.65 Å². The van der Waals surface area contributed by atoms with E-state index in [1.807, 2.05) is 30.3 Å². The predicted octanol–water partition coefficient (Wildman–Crippen LogP) is 1.56. The molecule has 0 fully saturated rings. The number of nitrogens with one attached hydrogen (secondary N) is 2. The highest BCUT2D eigenvalue weighted by Crippen LogP contribution is 2.17. The van der Waals surface area contributed by atoms with Crippen molar-refractivity contribution in [3.63, 3.8) is 0 Å². The zero-order chi connectivity index (χ0) is 18.6. The van der Waals surface area contributed by atoms with Crippen LogP contribution >= 0.6 is 0 Å². The number of hydrogen-bond donors (Lipinski definition) is 2. The lowest BCUT2D eigenvalue weighted by atomic mass is 10.3. The molecule has 2 N–H and O–H groups in total. The summed E-state index contributed by atoms with van der Waals surface area (Å²) >= 11 is 0. The van der Waals surface area contributed by atoms with Crippen LogP contribution in [0.5, 0.6) is 0 Å². The third-order valence-electron chi connectivity index (χ3n) is 3.67. The molecule has 0 saturated carbocycles. The Morgan fingerprint density at radius 2 is 1.74 bits per heavy atom. The molecule has 27 heavy (non-hydrogen) atoms. The Kier molecular flexibility index (Phi) is 4.51. The zero-order valence-electron chi connectivity index (χ0n) is 13.9. The number of fused-ring (bicyclic) bond motifs is 1. The van der Waals surface area contributed by atoms with Crippen molar-refractivity contribution >= 4 is 17.4 Å². The third-order valence-corrected chi connectivity index (χ3v) is 3.67. The smallest absolute Gasteiger partial charge is 0.299 e. The molecular formula is C15H14F2N10. The predicted molar refractivity (Wildman–Crippen MR) is 91.9 cm³/mol. The maximum Gasteiger partial charge on any atom is 0.299 e. The number of anilines is 2. The molecule has 12 heteroatoms. The Balaban J connectivity index is 1.38. The molecule has 4 rings (SSSR count). The summed E-state index contributed by atoms with van der Waals surface area (Å²) in [5.41, 5.74) is 1.09. The Morgan fingerprint density at radius 3 is 2.56 bits per heavy atom. The van der Waals surface area contributed by atoms with Gasteiger partial charge < -0.3 is 10.6 Å². The fourth-order valence-electron chi connectivity index (χ4n) is 2.44. The van der Waals surface area contributed by atoms with Gasteiger partial charge in [0.1, 0.15) is 5.82 Å². The van der Waals surface area contributed by atoms with Crippen LogP contribution in [0.15, 0.2) is 42.5 Å². The Bertz CT molecular complexity index is 1030. The molecule has 0 aliphatic carbocycles. The lowest BCUT2D eigenvalue weighted by Crippen LogP contribution is -2.17. The quantitative estimate of drug-likeness (QED) is 0.470. The fourth-order valence-corrected chi connectivity index (χ4v) is 2.44. The first-order chi connectivity index (χ1) is 13.2. The summed E-state index contributed by atoms with van der Waals surface area (Å²) in [6, 6.07) is 12.7. The lowest BCUT2D eigenvalue weighted by molar-refractivity contribution is 0.137. The Labute approximate surface area is 151 Å². The molecule has 0 saturated heterocycles. The molecule has 138 valence electrons. The largest absolute Gasteiger partial charge is 0.367 e. The summed E-state index contributed by atoms with van der Waals surface area (Å²) in [7, 11) is 0. The van der Waals surface area contributed by atoms with Crippen LogP contribution in [-0.4, -0.2) is 53.1 Å². The van der Waals surface area contributed by atoms with E-state index < -0.39 is 12.2 Å². The van der Waals surface area contributed by atoms with Gasteiger partial charge in [0.25, 0.3) is 6.43 Å². The molecule has 1 aromatic carbocycles. The second-order valence-electron chi connectivity index (χ2n) is 5.45. The molecule has 0 aliphatic heterocycles. The van der Waals surface area contributed by atoms with Crippen LogP contribution < -0.4 is 10.6 Å². The Morgan fingerprint density at radius 1 is 0.926 bits per heavy atom. The molecule has 4 aromatic rings. The monoisotopic (exact) mass is 372 g/mol. The van der Waals surface area contributed by atoms with Gasteiger partial charge in [-0.05, 0) is 34.7 Å². The van der Waals surface area contributed by atoms with Crippen molar-refractivity contribution < 1.29 is 8.78 Å². The van der Waals surface area contributed by atoms with E-state index in [0.717, 1.165) is 10.2 Å².